The molecule has 1 N–H and O–H groups in total. The zero-order valence-corrected chi connectivity index (χ0v) is 20.1. The lowest BCUT2D eigenvalue weighted by molar-refractivity contribution is -0.118. The number of aryl methyl sites for hydroxylation is 1. The van der Waals surface area contributed by atoms with Crippen LogP contribution in [-0.2, 0) is 26.0 Å². The summed E-state index contributed by atoms with van der Waals surface area (Å²) < 4.78 is 38.3. The van der Waals surface area contributed by atoms with E-state index in [0.717, 1.165) is 18.4 Å². The minimum Gasteiger partial charge on any atom is -0.484 e. The summed E-state index contributed by atoms with van der Waals surface area (Å²) in [5.74, 6) is -0.449. The highest BCUT2D eigenvalue weighted by Crippen LogP contribution is 2.32. The highest BCUT2D eigenvalue weighted by molar-refractivity contribution is 7.92. The van der Waals surface area contributed by atoms with Crippen molar-refractivity contribution >= 4 is 33.3 Å². The zero-order valence-electron chi connectivity index (χ0n) is 19.3. The van der Waals surface area contributed by atoms with Gasteiger partial charge in [0, 0.05) is 12.2 Å². The molecule has 0 fully saturated rings. The maximum Gasteiger partial charge on any atom is 0.338 e. The molecule has 0 atom stereocenters. The Labute approximate surface area is 204 Å². The first kappa shape index (κ1) is 24.3. The number of sulfonamides is 1. The van der Waals surface area contributed by atoms with Crippen molar-refractivity contribution in [1.82, 2.24) is 0 Å². The lowest BCUT2D eigenvalue weighted by atomic mass is 10.0. The van der Waals surface area contributed by atoms with Gasteiger partial charge in [-0.1, -0.05) is 18.2 Å². The number of benzene rings is 3. The fourth-order valence-corrected chi connectivity index (χ4v) is 5.37. The molecule has 0 radical (unpaired) electrons. The van der Waals surface area contributed by atoms with Gasteiger partial charge in [0.05, 0.1) is 22.8 Å². The second kappa shape index (κ2) is 10.6. The van der Waals surface area contributed by atoms with Crippen LogP contribution in [0.3, 0.4) is 0 Å². The first-order valence-corrected chi connectivity index (χ1v) is 12.7. The monoisotopic (exact) mass is 494 g/mol. The number of anilines is 2. The Morgan fingerprint density at radius 1 is 0.971 bits per heavy atom. The number of para-hydroxylation sites is 1. The van der Waals surface area contributed by atoms with Gasteiger partial charge in [-0.05, 0) is 79.9 Å². The van der Waals surface area contributed by atoms with Crippen LogP contribution < -0.4 is 14.4 Å². The van der Waals surface area contributed by atoms with Crippen molar-refractivity contribution < 1.29 is 27.5 Å². The van der Waals surface area contributed by atoms with Crippen molar-refractivity contribution in [1.29, 1.82) is 0 Å². The van der Waals surface area contributed by atoms with Crippen molar-refractivity contribution in [3.63, 3.8) is 0 Å². The third-order valence-corrected chi connectivity index (χ3v) is 7.36. The maximum atomic E-state index is 13.2. The summed E-state index contributed by atoms with van der Waals surface area (Å²) in [4.78, 5) is 24.1. The third-order valence-electron chi connectivity index (χ3n) is 5.53. The van der Waals surface area contributed by atoms with Crippen LogP contribution in [0.25, 0.3) is 0 Å². The SMILES string of the molecule is CCOC(=O)c1ccc(NC(=O)COc2ccc(S(=O)(=O)N3CCCc4ccccc43)cc2)cc1. The molecule has 0 bridgehead atoms. The lowest BCUT2D eigenvalue weighted by Crippen LogP contribution is -2.35. The summed E-state index contributed by atoms with van der Waals surface area (Å²) in [7, 11) is -3.71. The highest BCUT2D eigenvalue weighted by atomic mass is 32.2. The van der Waals surface area contributed by atoms with E-state index in [-0.39, 0.29) is 18.1 Å². The lowest BCUT2D eigenvalue weighted by Gasteiger charge is -2.30. The number of ether oxygens (including phenoxy) is 2. The summed E-state index contributed by atoms with van der Waals surface area (Å²) in [5.41, 5.74) is 2.63. The molecule has 35 heavy (non-hydrogen) atoms. The van der Waals surface area contributed by atoms with Gasteiger partial charge in [-0.2, -0.15) is 0 Å². The van der Waals surface area contributed by atoms with Crippen LogP contribution in [0.4, 0.5) is 11.4 Å². The molecule has 0 aromatic heterocycles. The number of carbonyl (C=O) groups is 2. The number of carbonyl (C=O) groups excluding carboxylic acids is 2. The molecule has 0 unspecified atom stereocenters. The van der Waals surface area contributed by atoms with E-state index < -0.39 is 21.9 Å². The Morgan fingerprint density at radius 2 is 1.69 bits per heavy atom. The van der Waals surface area contributed by atoms with Gasteiger partial charge >= 0.3 is 5.97 Å². The van der Waals surface area contributed by atoms with Crippen LogP contribution in [0.2, 0.25) is 0 Å². The molecule has 1 aliphatic rings. The van der Waals surface area contributed by atoms with Gasteiger partial charge in [0.25, 0.3) is 15.9 Å². The van der Waals surface area contributed by atoms with Gasteiger partial charge < -0.3 is 14.8 Å². The predicted molar refractivity (Wildman–Crippen MR) is 132 cm³/mol. The summed E-state index contributed by atoms with van der Waals surface area (Å²) in [6.45, 7) is 2.18. The van der Waals surface area contributed by atoms with E-state index in [0.29, 0.717) is 29.2 Å². The number of esters is 1. The van der Waals surface area contributed by atoms with Crippen LogP contribution in [0.5, 0.6) is 5.75 Å². The van der Waals surface area contributed by atoms with Gasteiger partial charge in [0.2, 0.25) is 0 Å². The number of nitrogens with zero attached hydrogens (tertiary/aromatic N) is 1. The normalized spacial score (nSPS) is 13.0. The summed E-state index contributed by atoms with van der Waals surface area (Å²) in [5, 5.41) is 2.68. The molecular formula is C26H26N2O6S. The summed E-state index contributed by atoms with van der Waals surface area (Å²) in [6.07, 6.45) is 1.62. The number of nitrogens with one attached hydrogen (secondary N) is 1. The van der Waals surface area contributed by atoms with E-state index in [1.807, 2.05) is 24.3 Å². The van der Waals surface area contributed by atoms with Gasteiger partial charge in [-0.3, -0.25) is 9.10 Å². The molecule has 3 aromatic carbocycles. The van der Waals surface area contributed by atoms with E-state index in [1.165, 1.54) is 28.6 Å². The Balaban J connectivity index is 1.35. The summed E-state index contributed by atoms with van der Waals surface area (Å²) >= 11 is 0. The Hall–Kier alpha value is -3.85. The van der Waals surface area contributed by atoms with Crippen molar-refractivity contribution in [2.45, 2.75) is 24.7 Å². The Morgan fingerprint density at radius 3 is 2.40 bits per heavy atom. The second-order valence-corrected chi connectivity index (χ2v) is 9.78. The van der Waals surface area contributed by atoms with Crippen LogP contribution >= 0.6 is 0 Å². The molecule has 3 aromatic rings. The molecule has 1 amide bonds. The molecule has 1 aliphatic heterocycles. The molecule has 0 aliphatic carbocycles. The third kappa shape index (κ3) is 5.63. The minimum atomic E-state index is -3.71. The van der Waals surface area contributed by atoms with Crippen molar-refractivity contribution in [3.8, 4) is 5.75 Å². The van der Waals surface area contributed by atoms with E-state index >= 15 is 0 Å². The smallest absolute Gasteiger partial charge is 0.338 e. The van der Waals surface area contributed by atoms with Gasteiger partial charge in [-0.15, -0.1) is 0 Å². The molecule has 182 valence electrons. The topological polar surface area (TPSA) is 102 Å². The zero-order chi connectivity index (χ0) is 24.8. The number of rotatable bonds is 8. The quantitative estimate of drug-likeness (QED) is 0.475. The number of fused-ring (bicyclic) bond motifs is 1. The van der Waals surface area contributed by atoms with E-state index in [1.54, 1.807) is 31.2 Å². The van der Waals surface area contributed by atoms with Gasteiger partial charge in [0.15, 0.2) is 6.61 Å². The first-order valence-electron chi connectivity index (χ1n) is 11.3. The Kier molecular flexibility index (Phi) is 7.36. The molecule has 9 heteroatoms. The van der Waals surface area contributed by atoms with E-state index in [2.05, 4.69) is 5.32 Å². The largest absolute Gasteiger partial charge is 0.484 e. The van der Waals surface area contributed by atoms with Gasteiger partial charge in [0.1, 0.15) is 5.75 Å². The minimum absolute atomic E-state index is 0.160. The van der Waals surface area contributed by atoms with Crippen molar-refractivity contribution in [2.75, 3.05) is 29.4 Å². The molecule has 4 rings (SSSR count). The van der Waals surface area contributed by atoms with Crippen LogP contribution in [-0.4, -0.2) is 40.1 Å². The Bertz CT molecular complexity index is 1300. The molecule has 0 saturated heterocycles. The number of amides is 1. The molecular weight excluding hydrogens is 468 g/mol. The predicted octanol–water partition coefficient (Wildman–Crippen LogP) is 4.02. The maximum absolute atomic E-state index is 13.2. The second-order valence-electron chi connectivity index (χ2n) is 7.92. The summed E-state index contributed by atoms with van der Waals surface area (Å²) in [6, 6.07) is 19.9. The van der Waals surface area contributed by atoms with Crippen molar-refractivity contribution in [3.05, 3.63) is 83.9 Å². The van der Waals surface area contributed by atoms with Crippen LogP contribution in [0.1, 0.15) is 29.3 Å². The molecule has 0 spiro atoms. The van der Waals surface area contributed by atoms with Gasteiger partial charge in [-0.25, -0.2) is 13.2 Å². The number of hydrogen-bond donors (Lipinski definition) is 1. The molecule has 1 heterocycles. The average Bonchev–Trinajstić information content (AvgIpc) is 2.88. The first-order chi connectivity index (χ1) is 16.9. The molecule has 0 saturated carbocycles. The highest BCUT2D eigenvalue weighted by Gasteiger charge is 2.28. The van der Waals surface area contributed by atoms with Crippen LogP contribution in [0.15, 0.2) is 77.7 Å². The van der Waals surface area contributed by atoms with Crippen molar-refractivity contribution in [2.24, 2.45) is 0 Å². The standard InChI is InChI=1S/C26H26N2O6S/c1-2-33-26(30)20-9-11-21(12-10-20)27-25(29)18-34-22-13-15-23(16-14-22)35(31,32)28-17-5-7-19-6-3-4-8-24(19)28/h3-4,6,8-16H,2,5,7,17-18H2,1H3,(H,27,29). The average molecular weight is 495 g/mol. The van der Waals surface area contributed by atoms with Crippen LogP contribution in [0, 0.1) is 0 Å². The number of hydrogen-bond acceptors (Lipinski definition) is 6. The van der Waals surface area contributed by atoms with E-state index in [9.17, 15) is 18.0 Å². The fourth-order valence-electron chi connectivity index (χ4n) is 3.83. The molecule has 8 nitrogen and oxygen atoms in total. The van der Waals surface area contributed by atoms with E-state index in [4.69, 9.17) is 9.47 Å². The fraction of sp³-hybridized carbons (Fsp3) is 0.231.